The van der Waals surface area contributed by atoms with E-state index in [-0.39, 0.29) is 19.2 Å². The summed E-state index contributed by atoms with van der Waals surface area (Å²) >= 11 is 0. The van der Waals surface area contributed by atoms with Gasteiger partial charge in [0, 0.05) is 21.6 Å². The van der Waals surface area contributed by atoms with Crippen molar-refractivity contribution in [3.05, 3.63) is 0 Å². The molecule has 0 saturated carbocycles. The van der Waals surface area contributed by atoms with Crippen LogP contribution in [0, 0.1) is 0 Å². The Morgan fingerprint density at radius 3 is 2.44 bits per heavy atom. The topological polar surface area (TPSA) is 55.8 Å². The standard InChI is InChI=1S/C11H24O4Si/c1-10(12)15-9-11(13)8-14-6-5-7-16(2,3)4/h11,13H,5-9H2,1-4H3. The van der Waals surface area contributed by atoms with Gasteiger partial charge in [0.2, 0.25) is 0 Å². The Hall–Kier alpha value is -0.393. The molecule has 0 aromatic heterocycles. The van der Waals surface area contributed by atoms with E-state index in [1.807, 2.05) is 0 Å². The van der Waals surface area contributed by atoms with Gasteiger partial charge in [-0.1, -0.05) is 25.7 Å². The predicted molar refractivity (Wildman–Crippen MR) is 66.2 cm³/mol. The highest BCUT2D eigenvalue weighted by Gasteiger charge is 2.12. The third kappa shape index (κ3) is 11.7. The van der Waals surface area contributed by atoms with Gasteiger partial charge in [0.1, 0.15) is 12.7 Å². The molecule has 0 aliphatic rings. The summed E-state index contributed by atoms with van der Waals surface area (Å²) in [6.07, 6.45) is 0.325. The third-order valence-electron chi connectivity index (χ3n) is 2.00. The minimum Gasteiger partial charge on any atom is -0.463 e. The Bertz CT molecular complexity index is 201. The first kappa shape index (κ1) is 15.6. The largest absolute Gasteiger partial charge is 0.463 e. The number of hydrogen-bond acceptors (Lipinski definition) is 4. The number of esters is 1. The number of rotatable bonds is 8. The predicted octanol–water partition coefficient (Wildman–Crippen LogP) is 1.66. The molecule has 4 nitrogen and oxygen atoms in total. The van der Waals surface area contributed by atoms with Crippen molar-refractivity contribution >= 4 is 14.0 Å². The average Bonchev–Trinajstić information content (AvgIpc) is 2.12. The fourth-order valence-corrected chi connectivity index (χ4v) is 2.39. The zero-order chi connectivity index (χ0) is 12.6. The Kier molecular flexibility index (Phi) is 7.62. The molecule has 1 N–H and O–H groups in total. The van der Waals surface area contributed by atoms with E-state index >= 15 is 0 Å². The molecule has 0 heterocycles. The minimum absolute atomic E-state index is 0.0172. The van der Waals surface area contributed by atoms with Gasteiger partial charge < -0.3 is 14.6 Å². The third-order valence-corrected chi connectivity index (χ3v) is 3.86. The van der Waals surface area contributed by atoms with E-state index < -0.39 is 14.2 Å². The molecule has 0 aliphatic heterocycles. The normalized spacial score (nSPS) is 13.6. The van der Waals surface area contributed by atoms with E-state index in [1.54, 1.807) is 0 Å². The molecular weight excluding hydrogens is 224 g/mol. The molecule has 1 unspecified atom stereocenters. The van der Waals surface area contributed by atoms with Crippen molar-refractivity contribution in [2.45, 2.75) is 45.1 Å². The lowest BCUT2D eigenvalue weighted by atomic mass is 10.4. The fraction of sp³-hybridized carbons (Fsp3) is 0.909. The smallest absolute Gasteiger partial charge is 0.302 e. The molecule has 0 spiro atoms. The van der Waals surface area contributed by atoms with Gasteiger partial charge in [-0.25, -0.2) is 0 Å². The molecule has 96 valence electrons. The summed E-state index contributed by atoms with van der Waals surface area (Å²) in [5.74, 6) is -0.377. The Labute approximate surface area is 99.0 Å². The van der Waals surface area contributed by atoms with Gasteiger partial charge in [-0.15, -0.1) is 0 Å². The van der Waals surface area contributed by atoms with Crippen molar-refractivity contribution in [2.75, 3.05) is 19.8 Å². The number of carbonyl (C=O) groups excluding carboxylic acids is 1. The second kappa shape index (κ2) is 7.81. The molecule has 0 aliphatic carbocycles. The van der Waals surface area contributed by atoms with Crippen LogP contribution in [0.3, 0.4) is 0 Å². The molecule has 0 amide bonds. The summed E-state index contributed by atoms with van der Waals surface area (Å²) in [4.78, 5) is 10.5. The summed E-state index contributed by atoms with van der Waals surface area (Å²) in [5, 5.41) is 9.36. The zero-order valence-electron chi connectivity index (χ0n) is 10.8. The molecule has 5 heteroatoms. The van der Waals surface area contributed by atoms with Crippen LogP contribution in [0.4, 0.5) is 0 Å². The summed E-state index contributed by atoms with van der Waals surface area (Å²) in [6, 6.07) is 1.23. The van der Waals surface area contributed by atoms with Crippen LogP contribution >= 0.6 is 0 Å². The second-order valence-electron chi connectivity index (χ2n) is 5.20. The molecule has 0 fully saturated rings. The molecule has 16 heavy (non-hydrogen) atoms. The van der Waals surface area contributed by atoms with E-state index in [0.29, 0.717) is 6.61 Å². The van der Waals surface area contributed by atoms with Crippen LogP contribution in [0.15, 0.2) is 0 Å². The first-order valence-electron chi connectivity index (χ1n) is 5.70. The highest BCUT2D eigenvalue weighted by Crippen LogP contribution is 2.10. The zero-order valence-corrected chi connectivity index (χ0v) is 11.8. The van der Waals surface area contributed by atoms with E-state index in [0.717, 1.165) is 6.42 Å². The molecule has 0 aromatic rings. The molecule has 0 saturated heterocycles. The Morgan fingerprint density at radius 2 is 1.94 bits per heavy atom. The number of ether oxygens (including phenoxy) is 2. The van der Waals surface area contributed by atoms with E-state index in [4.69, 9.17) is 4.74 Å². The second-order valence-corrected chi connectivity index (χ2v) is 10.8. The van der Waals surface area contributed by atoms with Crippen molar-refractivity contribution < 1.29 is 19.4 Å². The summed E-state index contributed by atoms with van der Waals surface area (Å²) in [7, 11) is -0.976. The van der Waals surface area contributed by atoms with E-state index in [1.165, 1.54) is 13.0 Å². The van der Waals surface area contributed by atoms with Crippen molar-refractivity contribution in [3.8, 4) is 0 Å². The average molecular weight is 248 g/mol. The quantitative estimate of drug-likeness (QED) is 0.403. The molecule has 1 atom stereocenters. The Morgan fingerprint density at radius 1 is 1.31 bits per heavy atom. The van der Waals surface area contributed by atoms with E-state index in [2.05, 4.69) is 24.4 Å². The number of aliphatic hydroxyl groups is 1. The van der Waals surface area contributed by atoms with Crippen LogP contribution in [0.1, 0.15) is 13.3 Å². The maximum absolute atomic E-state index is 10.5. The van der Waals surface area contributed by atoms with Crippen LogP contribution in [0.5, 0.6) is 0 Å². The van der Waals surface area contributed by atoms with Gasteiger partial charge in [-0.3, -0.25) is 4.79 Å². The highest BCUT2D eigenvalue weighted by atomic mass is 28.3. The van der Waals surface area contributed by atoms with Crippen LogP contribution in [-0.4, -0.2) is 45.1 Å². The van der Waals surface area contributed by atoms with Gasteiger partial charge in [0.05, 0.1) is 6.61 Å². The minimum atomic E-state index is -0.976. The lowest BCUT2D eigenvalue weighted by Gasteiger charge is -2.16. The van der Waals surface area contributed by atoms with Crippen molar-refractivity contribution in [1.82, 2.24) is 0 Å². The first-order chi connectivity index (χ1) is 7.31. The van der Waals surface area contributed by atoms with Gasteiger partial charge >= 0.3 is 5.97 Å². The molecule has 0 bridgehead atoms. The van der Waals surface area contributed by atoms with Crippen LogP contribution < -0.4 is 0 Å². The lowest BCUT2D eigenvalue weighted by molar-refractivity contribution is -0.145. The monoisotopic (exact) mass is 248 g/mol. The van der Waals surface area contributed by atoms with Crippen LogP contribution in [0.25, 0.3) is 0 Å². The fourth-order valence-electron chi connectivity index (χ4n) is 1.19. The maximum Gasteiger partial charge on any atom is 0.302 e. The molecule has 0 radical (unpaired) electrons. The van der Waals surface area contributed by atoms with Crippen molar-refractivity contribution in [1.29, 1.82) is 0 Å². The molecule has 0 rings (SSSR count). The van der Waals surface area contributed by atoms with Crippen LogP contribution in [-0.2, 0) is 14.3 Å². The van der Waals surface area contributed by atoms with Gasteiger partial charge in [-0.05, 0) is 6.42 Å². The summed E-state index contributed by atoms with van der Waals surface area (Å²) < 4.78 is 9.96. The first-order valence-corrected chi connectivity index (χ1v) is 9.41. The number of carbonyl (C=O) groups is 1. The summed E-state index contributed by atoms with van der Waals surface area (Å²) in [5.41, 5.74) is 0. The Balaban J connectivity index is 3.34. The maximum atomic E-state index is 10.5. The SMILES string of the molecule is CC(=O)OCC(O)COCCC[Si](C)(C)C. The van der Waals surface area contributed by atoms with E-state index in [9.17, 15) is 9.90 Å². The van der Waals surface area contributed by atoms with Crippen LogP contribution in [0.2, 0.25) is 25.7 Å². The van der Waals surface area contributed by atoms with Gasteiger partial charge in [0.25, 0.3) is 0 Å². The number of aliphatic hydroxyl groups excluding tert-OH is 1. The lowest BCUT2D eigenvalue weighted by Crippen LogP contribution is -2.24. The highest BCUT2D eigenvalue weighted by molar-refractivity contribution is 6.76. The number of hydrogen-bond donors (Lipinski definition) is 1. The summed E-state index contributed by atoms with van der Waals surface area (Å²) in [6.45, 7) is 9.21. The van der Waals surface area contributed by atoms with Gasteiger partial charge in [0.15, 0.2) is 0 Å². The molecular formula is C11H24O4Si. The van der Waals surface area contributed by atoms with Gasteiger partial charge in [-0.2, -0.15) is 0 Å². The van der Waals surface area contributed by atoms with Crippen molar-refractivity contribution in [2.24, 2.45) is 0 Å². The van der Waals surface area contributed by atoms with Crippen molar-refractivity contribution in [3.63, 3.8) is 0 Å². The molecule has 0 aromatic carbocycles.